The number of nitrogens with one attached hydrogen (secondary N) is 2. The number of halogens is 2. The van der Waals surface area contributed by atoms with Gasteiger partial charge in [0.1, 0.15) is 4.90 Å². The highest BCUT2D eigenvalue weighted by Crippen LogP contribution is 2.29. The lowest BCUT2D eigenvalue weighted by Gasteiger charge is -2.13. The molecular formula is C14H14Cl2N2O2S. The zero-order valence-electron chi connectivity index (χ0n) is 11.2. The maximum Gasteiger partial charge on any atom is 0.263 e. The maximum absolute atomic E-state index is 12.5. The summed E-state index contributed by atoms with van der Waals surface area (Å²) in [4.78, 5) is 0.165. The lowest BCUT2D eigenvalue weighted by atomic mass is 10.3. The van der Waals surface area contributed by atoms with Crippen LogP contribution in [0.3, 0.4) is 0 Å². The molecule has 2 rings (SSSR count). The highest BCUT2D eigenvalue weighted by atomic mass is 35.5. The molecule has 0 radical (unpaired) electrons. The van der Waals surface area contributed by atoms with Gasteiger partial charge in [-0.25, -0.2) is 8.42 Å². The van der Waals surface area contributed by atoms with Gasteiger partial charge in [-0.1, -0.05) is 35.3 Å². The summed E-state index contributed by atoms with van der Waals surface area (Å²) in [5.41, 5.74) is 0.824. The van der Waals surface area contributed by atoms with Crippen LogP contribution in [0.15, 0.2) is 47.4 Å². The number of anilines is 2. The summed E-state index contributed by atoms with van der Waals surface area (Å²) in [6, 6.07) is 11.3. The second-order valence-corrected chi connectivity index (χ2v) is 6.75. The van der Waals surface area contributed by atoms with Crippen LogP contribution in [0.5, 0.6) is 0 Å². The van der Waals surface area contributed by atoms with Crippen molar-refractivity contribution in [3.05, 3.63) is 52.5 Å². The number of hydrogen-bond donors (Lipinski definition) is 2. The smallest absolute Gasteiger partial charge is 0.263 e. The Morgan fingerprint density at radius 1 is 1.05 bits per heavy atom. The van der Waals surface area contributed by atoms with Crippen LogP contribution in [0.4, 0.5) is 11.4 Å². The highest BCUT2D eigenvalue weighted by Gasteiger charge is 2.19. The third-order valence-electron chi connectivity index (χ3n) is 2.72. The molecule has 0 saturated heterocycles. The van der Waals surface area contributed by atoms with Crippen LogP contribution in [0.2, 0.25) is 10.0 Å². The largest absolute Gasteiger partial charge is 0.384 e. The predicted octanol–water partition coefficient (Wildman–Crippen LogP) is 4.23. The van der Waals surface area contributed by atoms with E-state index in [-0.39, 0.29) is 15.6 Å². The Balaban J connectivity index is 2.39. The van der Waals surface area contributed by atoms with E-state index in [2.05, 4.69) is 10.0 Å². The molecule has 0 aliphatic heterocycles. The Kier molecular flexibility index (Phi) is 4.98. The second-order valence-electron chi connectivity index (χ2n) is 4.26. The van der Waals surface area contributed by atoms with Gasteiger partial charge in [0.25, 0.3) is 10.0 Å². The SMILES string of the molecule is CCNc1ccccc1S(=O)(=O)Nc1ccc(Cl)cc1Cl. The van der Waals surface area contributed by atoms with E-state index in [9.17, 15) is 8.42 Å². The molecule has 112 valence electrons. The normalized spacial score (nSPS) is 11.2. The average molecular weight is 345 g/mol. The zero-order valence-corrected chi connectivity index (χ0v) is 13.6. The molecule has 0 aliphatic rings. The first-order valence-corrected chi connectivity index (χ1v) is 8.48. The number of hydrogen-bond acceptors (Lipinski definition) is 3. The first-order valence-electron chi connectivity index (χ1n) is 6.25. The molecule has 0 unspecified atom stereocenters. The van der Waals surface area contributed by atoms with Gasteiger partial charge in [-0.05, 0) is 37.3 Å². The molecular weight excluding hydrogens is 331 g/mol. The molecule has 21 heavy (non-hydrogen) atoms. The van der Waals surface area contributed by atoms with Crippen molar-refractivity contribution in [2.75, 3.05) is 16.6 Å². The summed E-state index contributed by atoms with van der Waals surface area (Å²) in [7, 11) is -3.74. The summed E-state index contributed by atoms with van der Waals surface area (Å²) >= 11 is 11.8. The lowest BCUT2D eigenvalue weighted by Crippen LogP contribution is -2.15. The topological polar surface area (TPSA) is 58.2 Å². The molecule has 0 fully saturated rings. The molecule has 7 heteroatoms. The van der Waals surface area contributed by atoms with Gasteiger partial charge in [-0.3, -0.25) is 4.72 Å². The van der Waals surface area contributed by atoms with E-state index >= 15 is 0 Å². The molecule has 0 heterocycles. The van der Waals surface area contributed by atoms with E-state index in [1.165, 1.54) is 18.2 Å². The fraction of sp³-hybridized carbons (Fsp3) is 0.143. The van der Waals surface area contributed by atoms with Crippen molar-refractivity contribution in [3.63, 3.8) is 0 Å². The molecule has 2 aromatic rings. The minimum atomic E-state index is -3.74. The van der Waals surface area contributed by atoms with Crippen molar-refractivity contribution in [1.82, 2.24) is 0 Å². The van der Waals surface area contributed by atoms with Crippen LogP contribution in [0.1, 0.15) is 6.92 Å². The molecule has 0 aromatic heterocycles. The molecule has 0 bridgehead atoms. The molecule has 0 amide bonds. The van der Waals surface area contributed by atoms with Gasteiger partial charge in [0.15, 0.2) is 0 Å². The minimum Gasteiger partial charge on any atom is -0.384 e. The van der Waals surface area contributed by atoms with Gasteiger partial charge in [0.2, 0.25) is 0 Å². The number of para-hydroxylation sites is 1. The van der Waals surface area contributed by atoms with Gasteiger partial charge in [0.05, 0.1) is 16.4 Å². The van der Waals surface area contributed by atoms with Crippen LogP contribution in [0.25, 0.3) is 0 Å². The number of sulfonamides is 1. The van der Waals surface area contributed by atoms with Crippen molar-refractivity contribution in [3.8, 4) is 0 Å². The Morgan fingerprint density at radius 3 is 2.43 bits per heavy atom. The Labute approximate surface area is 134 Å². The fourth-order valence-electron chi connectivity index (χ4n) is 1.81. The molecule has 0 aliphatic carbocycles. The highest BCUT2D eigenvalue weighted by molar-refractivity contribution is 7.92. The van der Waals surface area contributed by atoms with E-state index in [1.807, 2.05) is 6.92 Å². The first-order chi connectivity index (χ1) is 9.94. The molecule has 0 saturated carbocycles. The third kappa shape index (κ3) is 3.81. The number of rotatable bonds is 5. The summed E-state index contributed by atoms with van der Waals surface area (Å²) in [5, 5.41) is 3.70. The molecule has 2 N–H and O–H groups in total. The monoisotopic (exact) mass is 344 g/mol. The molecule has 0 atom stereocenters. The average Bonchev–Trinajstić information content (AvgIpc) is 2.43. The molecule has 4 nitrogen and oxygen atoms in total. The summed E-state index contributed by atoms with van der Waals surface area (Å²) in [6.45, 7) is 2.52. The standard InChI is InChI=1S/C14H14Cl2N2O2S/c1-2-17-13-5-3-4-6-14(13)21(19,20)18-12-8-7-10(15)9-11(12)16/h3-9,17-18H,2H2,1H3. The fourth-order valence-corrected chi connectivity index (χ4v) is 3.59. The van der Waals surface area contributed by atoms with Crippen LogP contribution in [-0.2, 0) is 10.0 Å². The molecule has 2 aromatic carbocycles. The minimum absolute atomic E-state index is 0.165. The summed E-state index contributed by atoms with van der Waals surface area (Å²) in [5.74, 6) is 0. The molecule has 0 spiro atoms. The van der Waals surface area contributed by atoms with Crippen LogP contribution in [0, 0.1) is 0 Å². The van der Waals surface area contributed by atoms with E-state index < -0.39 is 10.0 Å². The summed E-state index contributed by atoms with van der Waals surface area (Å²) < 4.78 is 27.5. The predicted molar refractivity (Wildman–Crippen MR) is 87.9 cm³/mol. The van der Waals surface area contributed by atoms with Crippen molar-refractivity contribution in [1.29, 1.82) is 0 Å². The van der Waals surface area contributed by atoms with Crippen molar-refractivity contribution >= 4 is 44.6 Å². The van der Waals surface area contributed by atoms with Crippen molar-refractivity contribution in [2.45, 2.75) is 11.8 Å². The van der Waals surface area contributed by atoms with Gasteiger partial charge in [0, 0.05) is 11.6 Å². The van der Waals surface area contributed by atoms with Gasteiger partial charge < -0.3 is 5.32 Å². The van der Waals surface area contributed by atoms with Gasteiger partial charge >= 0.3 is 0 Å². The Morgan fingerprint density at radius 2 is 1.76 bits per heavy atom. The van der Waals surface area contributed by atoms with E-state index in [0.717, 1.165) is 0 Å². The van der Waals surface area contributed by atoms with Gasteiger partial charge in [-0.15, -0.1) is 0 Å². The first kappa shape index (κ1) is 15.9. The Bertz CT molecular complexity index is 748. The lowest BCUT2D eigenvalue weighted by molar-refractivity contribution is 0.601. The zero-order chi connectivity index (χ0) is 15.5. The van der Waals surface area contributed by atoms with Crippen LogP contribution >= 0.6 is 23.2 Å². The number of benzene rings is 2. The maximum atomic E-state index is 12.5. The van der Waals surface area contributed by atoms with Crippen LogP contribution < -0.4 is 10.0 Å². The van der Waals surface area contributed by atoms with Crippen molar-refractivity contribution < 1.29 is 8.42 Å². The summed E-state index contributed by atoms with van der Waals surface area (Å²) in [6.07, 6.45) is 0. The van der Waals surface area contributed by atoms with Crippen molar-refractivity contribution in [2.24, 2.45) is 0 Å². The van der Waals surface area contributed by atoms with Gasteiger partial charge in [-0.2, -0.15) is 0 Å². The Hall–Kier alpha value is -1.43. The van der Waals surface area contributed by atoms with Crippen LogP contribution in [-0.4, -0.2) is 15.0 Å². The quantitative estimate of drug-likeness (QED) is 0.853. The van der Waals surface area contributed by atoms with E-state index in [0.29, 0.717) is 17.3 Å². The second kappa shape index (κ2) is 6.56. The van der Waals surface area contributed by atoms with E-state index in [1.54, 1.807) is 24.3 Å². The third-order valence-corrected chi connectivity index (χ3v) is 4.69. The van der Waals surface area contributed by atoms with E-state index in [4.69, 9.17) is 23.2 Å².